The molecular formula is C19H21FN4O3S. The van der Waals surface area contributed by atoms with Crippen molar-refractivity contribution in [3.8, 4) is 0 Å². The standard InChI is InChI=1S/C19H21FN4O3S/c1-19(2,3)27-18(26)22-15-8-4-12(5-9-15)16(25)23-24-17(28)21-14-10-6-13(20)7-11-14/h4-11H,1-3H3,(H,22,26)(H,23,25)(H2,21,24,28). The van der Waals surface area contributed by atoms with Crippen LogP contribution < -0.4 is 21.5 Å². The number of halogens is 1. The Morgan fingerprint density at radius 1 is 0.893 bits per heavy atom. The van der Waals surface area contributed by atoms with E-state index in [1.165, 1.54) is 24.3 Å². The van der Waals surface area contributed by atoms with Gasteiger partial charge in [0.2, 0.25) is 0 Å². The van der Waals surface area contributed by atoms with E-state index < -0.39 is 17.6 Å². The number of hydrogen-bond donors (Lipinski definition) is 4. The second-order valence-electron chi connectivity index (χ2n) is 6.74. The Hall–Kier alpha value is -3.20. The first kappa shape index (κ1) is 21.1. The number of hydrogen-bond acceptors (Lipinski definition) is 4. The molecule has 0 bridgehead atoms. The average molecular weight is 404 g/mol. The zero-order valence-corrected chi connectivity index (χ0v) is 16.4. The summed E-state index contributed by atoms with van der Waals surface area (Å²) >= 11 is 5.06. The van der Waals surface area contributed by atoms with Gasteiger partial charge >= 0.3 is 6.09 Å². The van der Waals surface area contributed by atoms with Crippen LogP contribution in [0.3, 0.4) is 0 Å². The molecule has 2 amide bonds. The molecule has 7 nitrogen and oxygen atoms in total. The van der Waals surface area contributed by atoms with Crippen molar-refractivity contribution < 1.29 is 18.7 Å². The number of thiocarbonyl (C=S) groups is 1. The summed E-state index contributed by atoms with van der Waals surface area (Å²) in [6.45, 7) is 5.30. The summed E-state index contributed by atoms with van der Waals surface area (Å²) in [5.41, 5.74) is 5.82. The summed E-state index contributed by atoms with van der Waals surface area (Å²) in [6, 6.07) is 11.8. The van der Waals surface area contributed by atoms with Crippen LogP contribution in [0.1, 0.15) is 31.1 Å². The van der Waals surface area contributed by atoms with E-state index in [0.29, 0.717) is 16.9 Å². The van der Waals surface area contributed by atoms with E-state index in [2.05, 4.69) is 21.5 Å². The number of hydrazine groups is 1. The number of amides is 2. The summed E-state index contributed by atoms with van der Waals surface area (Å²) in [6.07, 6.45) is -0.580. The van der Waals surface area contributed by atoms with Gasteiger partial charge in [0.25, 0.3) is 5.91 Å². The molecule has 0 heterocycles. The smallest absolute Gasteiger partial charge is 0.412 e. The number of carbonyl (C=O) groups is 2. The van der Waals surface area contributed by atoms with Crippen LogP contribution in [-0.2, 0) is 4.74 Å². The molecule has 0 aromatic heterocycles. The quantitative estimate of drug-likeness (QED) is 0.459. The average Bonchev–Trinajstić information content (AvgIpc) is 2.60. The predicted octanol–water partition coefficient (Wildman–Crippen LogP) is 3.80. The molecule has 0 saturated heterocycles. The van der Waals surface area contributed by atoms with Gasteiger partial charge in [0.1, 0.15) is 11.4 Å². The van der Waals surface area contributed by atoms with E-state index in [4.69, 9.17) is 17.0 Å². The number of anilines is 2. The summed E-state index contributed by atoms with van der Waals surface area (Å²) in [4.78, 5) is 23.9. The molecule has 0 aliphatic heterocycles. The van der Waals surface area contributed by atoms with Crippen molar-refractivity contribution >= 4 is 40.7 Å². The molecule has 4 N–H and O–H groups in total. The van der Waals surface area contributed by atoms with Gasteiger partial charge in [0.05, 0.1) is 0 Å². The van der Waals surface area contributed by atoms with E-state index in [-0.39, 0.29) is 10.9 Å². The van der Waals surface area contributed by atoms with Crippen LogP contribution in [0.25, 0.3) is 0 Å². The van der Waals surface area contributed by atoms with Crippen molar-refractivity contribution in [1.29, 1.82) is 0 Å². The Kier molecular flexibility index (Phi) is 6.89. The zero-order chi connectivity index (χ0) is 20.7. The van der Waals surface area contributed by atoms with Crippen LogP contribution in [0, 0.1) is 5.82 Å². The molecule has 0 spiro atoms. The third-order valence-corrected chi connectivity index (χ3v) is 3.39. The van der Waals surface area contributed by atoms with Crippen molar-refractivity contribution in [2.45, 2.75) is 26.4 Å². The summed E-state index contributed by atoms with van der Waals surface area (Å²) in [5.74, 6) is -0.783. The van der Waals surface area contributed by atoms with Gasteiger partial charge in [-0.25, -0.2) is 9.18 Å². The lowest BCUT2D eigenvalue weighted by molar-refractivity contribution is 0.0635. The van der Waals surface area contributed by atoms with Crippen molar-refractivity contribution in [3.05, 3.63) is 59.9 Å². The third-order valence-electron chi connectivity index (χ3n) is 3.18. The minimum atomic E-state index is -0.601. The van der Waals surface area contributed by atoms with Gasteiger partial charge in [-0.05, 0) is 81.5 Å². The fourth-order valence-electron chi connectivity index (χ4n) is 2.01. The summed E-state index contributed by atoms with van der Waals surface area (Å²) in [7, 11) is 0. The fraction of sp³-hybridized carbons (Fsp3) is 0.211. The van der Waals surface area contributed by atoms with E-state index in [1.54, 1.807) is 45.0 Å². The predicted molar refractivity (Wildman–Crippen MR) is 110 cm³/mol. The minimum Gasteiger partial charge on any atom is -0.444 e. The fourth-order valence-corrected chi connectivity index (χ4v) is 2.18. The Balaban J connectivity index is 1.83. The molecule has 0 aliphatic carbocycles. The first-order valence-electron chi connectivity index (χ1n) is 8.35. The van der Waals surface area contributed by atoms with Crippen molar-refractivity contribution in [2.24, 2.45) is 0 Å². The lowest BCUT2D eigenvalue weighted by Gasteiger charge is -2.19. The van der Waals surface area contributed by atoms with E-state index >= 15 is 0 Å². The maximum Gasteiger partial charge on any atom is 0.412 e. The highest BCUT2D eigenvalue weighted by Gasteiger charge is 2.16. The van der Waals surface area contributed by atoms with Crippen molar-refractivity contribution in [2.75, 3.05) is 10.6 Å². The maximum atomic E-state index is 12.9. The Morgan fingerprint density at radius 2 is 1.43 bits per heavy atom. The second kappa shape index (κ2) is 9.14. The van der Waals surface area contributed by atoms with Gasteiger partial charge in [0.15, 0.2) is 5.11 Å². The van der Waals surface area contributed by atoms with E-state index in [0.717, 1.165) is 0 Å². The third kappa shape index (κ3) is 7.20. The lowest BCUT2D eigenvalue weighted by atomic mass is 10.2. The molecule has 28 heavy (non-hydrogen) atoms. The molecule has 0 atom stereocenters. The molecule has 0 fully saturated rings. The largest absolute Gasteiger partial charge is 0.444 e. The van der Waals surface area contributed by atoms with Crippen molar-refractivity contribution in [1.82, 2.24) is 10.9 Å². The van der Waals surface area contributed by atoms with Crippen LogP contribution in [0.5, 0.6) is 0 Å². The second-order valence-corrected chi connectivity index (χ2v) is 7.15. The molecule has 2 aromatic rings. The van der Waals surface area contributed by atoms with Gasteiger partial charge in [-0.3, -0.25) is 21.0 Å². The minimum absolute atomic E-state index is 0.142. The summed E-state index contributed by atoms with van der Waals surface area (Å²) in [5, 5.41) is 5.52. The van der Waals surface area contributed by atoms with E-state index in [1.807, 2.05) is 0 Å². The first-order chi connectivity index (χ1) is 13.1. The number of ether oxygens (including phenoxy) is 1. The van der Waals surface area contributed by atoms with Gasteiger partial charge in [0, 0.05) is 16.9 Å². The monoisotopic (exact) mass is 404 g/mol. The Morgan fingerprint density at radius 3 is 2.00 bits per heavy atom. The molecule has 2 rings (SSSR count). The van der Waals surface area contributed by atoms with Crippen LogP contribution >= 0.6 is 12.2 Å². The van der Waals surface area contributed by atoms with Gasteiger partial charge < -0.3 is 10.1 Å². The van der Waals surface area contributed by atoms with Crippen molar-refractivity contribution in [3.63, 3.8) is 0 Å². The normalized spacial score (nSPS) is 10.6. The zero-order valence-electron chi connectivity index (χ0n) is 15.6. The number of rotatable bonds is 3. The van der Waals surface area contributed by atoms with Gasteiger partial charge in [-0.2, -0.15) is 0 Å². The summed E-state index contributed by atoms with van der Waals surface area (Å²) < 4.78 is 18.0. The van der Waals surface area contributed by atoms with Crippen LogP contribution in [0.2, 0.25) is 0 Å². The lowest BCUT2D eigenvalue weighted by Crippen LogP contribution is -2.43. The number of benzene rings is 2. The number of nitrogens with one attached hydrogen (secondary N) is 4. The molecule has 2 aromatic carbocycles. The first-order valence-corrected chi connectivity index (χ1v) is 8.76. The SMILES string of the molecule is CC(C)(C)OC(=O)Nc1ccc(C(=O)NNC(=S)Nc2ccc(F)cc2)cc1. The highest BCUT2D eigenvalue weighted by atomic mass is 32.1. The highest BCUT2D eigenvalue weighted by molar-refractivity contribution is 7.80. The van der Waals surface area contributed by atoms with Gasteiger partial charge in [-0.1, -0.05) is 0 Å². The number of carbonyl (C=O) groups excluding carboxylic acids is 2. The van der Waals surface area contributed by atoms with Gasteiger partial charge in [-0.15, -0.1) is 0 Å². The maximum absolute atomic E-state index is 12.9. The molecule has 0 unspecified atom stereocenters. The Labute approximate surface area is 167 Å². The molecule has 0 aliphatic rings. The van der Waals surface area contributed by atoms with Crippen LogP contribution in [0.15, 0.2) is 48.5 Å². The topological polar surface area (TPSA) is 91.5 Å². The Bertz CT molecular complexity index is 849. The van der Waals surface area contributed by atoms with E-state index in [9.17, 15) is 14.0 Å². The molecule has 9 heteroatoms. The molecule has 0 saturated carbocycles. The molecular weight excluding hydrogens is 383 g/mol. The molecule has 0 radical (unpaired) electrons. The van der Waals surface area contributed by atoms with Crippen LogP contribution in [-0.4, -0.2) is 22.7 Å². The highest BCUT2D eigenvalue weighted by Crippen LogP contribution is 2.13. The van der Waals surface area contributed by atoms with Crippen LogP contribution in [0.4, 0.5) is 20.6 Å². The molecule has 148 valence electrons.